The van der Waals surface area contributed by atoms with Crippen LogP contribution in [0, 0.1) is 0 Å². The Balaban J connectivity index is 2.53. The SMILES string of the molecule is CCCCC[Si](C)(C)C1CC1(C)OS(C)(=O)=O. The van der Waals surface area contributed by atoms with Gasteiger partial charge in [-0.2, -0.15) is 8.42 Å². The van der Waals surface area contributed by atoms with Crippen LogP contribution in [0.4, 0.5) is 0 Å². The molecule has 3 nitrogen and oxygen atoms in total. The summed E-state index contributed by atoms with van der Waals surface area (Å²) >= 11 is 0. The normalized spacial score (nSPS) is 29.4. The molecule has 0 radical (unpaired) electrons. The monoisotopic (exact) mass is 278 g/mol. The van der Waals surface area contributed by atoms with Crippen LogP contribution in [0.2, 0.25) is 24.7 Å². The molecule has 1 saturated carbocycles. The van der Waals surface area contributed by atoms with E-state index in [1.54, 1.807) is 0 Å². The van der Waals surface area contributed by atoms with Crippen molar-refractivity contribution in [2.75, 3.05) is 6.26 Å². The zero-order valence-corrected chi connectivity index (χ0v) is 13.6. The number of unbranched alkanes of at least 4 members (excludes halogenated alkanes) is 2. The highest BCUT2D eigenvalue weighted by Crippen LogP contribution is 2.59. The van der Waals surface area contributed by atoms with Gasteiger partial charge in [-0.3, -0.25) is 4.18 Å². The standard InChI is InChI=1S/C12H26O3SSi/c1-6-7-8-9-17(4,5)11-10-12(11,2)15-16(3,13)14/h11H,6-10H2,1-5H3. The summed E-state index contributed by atoms with van der Waals surface area (Å²) in [7, 11) is -4.65. The maximum atomic E-state index is 11.2. The predicted molar refractivity (Wildman–Crippen MR) is 74.5 cm³/mol. The highest BCUT2D eigenvalue weighted by molar-refractivity contribution is 7.86. The molecule has 2 atom stereocenters. The Bertz CT molecular complexity index is 364. The topological polar surface area (TPSA) is 43.4 Å². The van der Waals surface area contributed by atoms with Crippen LogP contribution in [0.5, 0.6) is 0 Å². The van der Waals surface area contributed by atoms with Gasteiger partial charge in [-0.25, -0.2) is 0 Å². The van der Waals surface area contributed by atoms with Crippen molar-refractivity contribution in [3.8, 4) is 0 Å². The fraction of sp³-hybridized carbons (Fsp3) is 1.00. The van der Waals surface area contributed by atoms with Gasteiger partial charge in [-0.05, 0) is 18.9 Å². The van der Waals surface area contributed by atoms with Crippen LogP contribution in [0.1, 0.15) is 39.5 Å². The molecule has 0 aromatic carbocycles. The average molecular weight is 278 g/mol. The quantitative estimate of drug-likeness (QED) is 0.407. The summed E-state index contributed by atoms with van der Waals surface area (Å²) in [5, 5.41) is 0. The maximum Gasteiger partial charge on any atom is 0.264 e. The minimum absolute atomic E-state index is 0.393. The fourth-order valence-corrected chi connectivity index (χ4v) is 8.03. The third-order valence-electron chi connectivity index (χ3n) is 3.90. The van der Waals surface area contributed by atoms with Crippen LogP contribution in [-0.2, 0) is 14.3 Å². The summed E-state index contributed by atoms with van der Waals surface area (Å²) in [6, 6.07) is 1.29. The molecule has 1 aliphatic carbocycles. The summed E-state index contributed by atoms with van der Waals surface area (Å²) in [6.45, 7) is 8.89. The summed E-state index contributed by atoms with van der Waals surface area (Å²) < 4.78 is 27.7. The van der Waals surface area contributed by atoms with Crippen LogP contribution in [0.25, 0.3) is 0 Å². The van der Waals surface area contributed by atoms with Crippen LogP contribution in [0.3, 0.4) is 0 Å². The van der Waals surface area contributed by atoms with E-state index >= 15 is 0 Å². The van der Waals surface area contributed by atoms with Crippen molar-refractivity contribution in [2.45, 2.75) is 69.8 Å². The van der Waals surface area contributed by atoms with Gasteiger partial charge in [0.15, 0.2) is 0 Å². The van der Waals surface area contributed by atoms with Crippen LogP contribution in [-0.4, -0.2) is 28.3 Å². The first-order valence-electron chi connectivity index (χ1n) is 6.51. The molecule has 17 heavy (non-hydrogen) atoms. The van der Waals surface area contributed by atoms with Crippen LogP contribution in [0.15, 0.2) is 0 Å². The first kappa shape index (κ1) is 15.2. The van der Waals surface area contributed by atoms with E-state index in [1.807, 2.05) is 6.92 Å². The first-order chi connectivity index (χ1) is 7.61. The van der Waals surface area contributed by atoms with Gasteiger partial charge in [0.1, 0.15) is 0 Å². The molecular weight excluding hydrogens is 252 g/mol. The first-order valence-corrected chi connectivity index (χ1v) is 11.6. The third kappa shape index (κ3) is 4.37. The third-order valence-corrected chi connectivity index (χ3v) is 8.92. The Labute approximate surface area is 107 Å². The molecule has 1 rings (SSSR count). The molecule has 0 amide bonds. The number of rotatable bonds is 7. The van der Waals surface area contributed by atoms with Gasteiger partial charge in [0, 0.05) is 0 Å². The molecule has 0 spiro atoms. The van der Waals surface area contributed by atoms with Crippen molar-refractivity contribution in [1.29, 1.82) is 0 Å². The lowest BCUT2D eigenvalue weighted by Gasteiger charge is -2.25. The van der Waals surface area contributed by atoms with Gasteiger partial charge in [0.05, 0.1) is 19.9 Å². The highest BCUT2D eigenvalue weighted by atomic mass is 32.2. The minimum Gasteiger partial charge on any atom is -0.264 e. The predicted octanol–water partition coefficient (Wildman–Crippen LogP) is 3.39. The van der Waals surface area contributed by atoms with Crippen molar-refractivity contribution in [2.24, 2.45) is 0 Å². The summed E-state index contributed by atoms with van der Waals surface area (Å²) in [4.78, 5) is 0. The lowest BCUT2D eigenvalue weighted by Crippen LogP contribution is -2.31. The zero-order chi connectivity index (χ0) is 13.3. The smallest absolute Gasteiger partial charge is 0.264 e. The summed E-state index contributed by atoms with van der Waals surface area (Å²) in [6.07, 6.45) is 5.88. The van der Waals surface area contributed by atoms with Crippen molar-refractivity contribution >= 4 is 18.2 Å². The van der Waals surface area contributed by atoms with Gasteiger partial charge in [0.25, 0.3) is 10.1 Å². The highest BCUT2D eigenvalue weighted by Gasteiger charge is 2.60. The van der Waals surface area contributed by atoms with E-state index in [-0.39, 0.29) is 0 Å². The van der Waals surface area contributed by atoms with Crippen molar-refractivity contribution in [1.82, 2.24) is 0 Å². The Kier molecular flexibility index (Phi) is 4.48. The molecule has 1 fully saturated rings. The van der Waals surface area contributed by atoms with Crippen molar-refractivity contribution in [3.05, 3.63) is 0 Å². The second-order valence-electron chi connectivity index (χ2n) is 6.30. The summed E-state index contributed by atoms with van der Waals surface area (Å²) in [5.41, 5.74) is 0.108. The van der Waals surface area contributed by atoms with Gasteiger partial charge in [-0.15, -0.1) is 0 Å². The molecule has 102 valence electrons. The Morgan fingerprint density at radius 2 is 1.94 bits per heavy atom. The molecule has 0 bridgehead atoms. The van der Waals surface area contributed by atoms with E-state index in [0.717, 1.165) is 12.7 Å². The van der Waals surface area contributed by atoms with Gasteiger partial charge >= 0.3 is 0 Å². The largest absolute Gasteiger partial charge is 0.264 e. The average Bonchev–Trinajstić information content (AvgIpc) is 2.75. The van der Waals surface area contributed by atoms with Crippen LogP contribution >= 0.6 is 0 Å². The van der Waals surface area contributed by atoms with E-state index in [2.05, 4.69) is 20.0 Å². The molecular formula is C12H26O3SSi. The van der Waals surface area contributed by atoms with Gasteiger partial charge in [-0.1, -0.05) is 45.3 Å². The van der Waals surface area contributed by atoms with E-state index < -0.39 is 23.8 Å². The van der Waals surface area contributed by atoms with Gasteiger partial charge < -0.3 is 0 Å². The molecule has 0 aromatic rings. The van der Waals surface area contributed by atoms with E-state index in [0.29, 0.717) is 5.54 Å². The molecule has 0 aromatic heterocycles. The van der Waals surface area contributed by atoms with E-state index in [9.17, 15) is 8.42 Å². The van der Waals surface area contributed by atoms with Crippen LogP contribution < -0.4 is 0 Å². The molecule has 0 saturated heterocycles. The Hall–Kier alpha value is 0.127. The summed E-state index contributed by atoms with van der Waals surface area (Å²) in [5.74, 6) is 0. The lowest BCUT2D eigenvalue weighted by atomic mass is 10.3. The molecule has 0 N–H and O–H groups in total. The van der Waals surface area contributed by atoms with Crippen molar-refractivity contribution in [3.63, 3.8) is 0 Å². The van der Waals surface area contributed by atoms with E-state index in [1.165, 1.54) is 25.3 Å². The zero-order valence-electron chi connectivity index (χ0n) is 11.7. The number of hydrogen-bond donors (Lipinski definition) is 0. The lowest BCUT2D eigenvalue weighted by molar-refractivity contribution is 0.210. The Morgan fingerprint density at radius 1 is 1.35 bits per heavy atom. The Morgan fingerprint density at radius 3 is 2.41 bits per heavy atom. The van der Waals surface area contributed by atoms with Crippen molar-refractivity contribution < 1.29 is 12.6 Å². The molecule has 0 aliphatic heterocycles. The van der Waals surface area contributed by atoms with E-state index in [4.69, 9.17) is 4.18 Å². The molecule has 0 heterocycles. The fourth-order valence-electron chi connectivity index (χ4n) is 2.89. The van der Waals surface area contributed by atoms with Gasteiger partial charge in [0.2, 0.25) is 0 Å². The second kappa shape index (κ2) is 5.01. The molecule has 1 aliphatic rings. The number of hydrogen-bond acceptors (Lipinski definition) is 3. The molecule has 5 heteroatoms. The minimum atomic E-state index is -3.32. The second-order valence-corrected chi connectivity index (χ2v) is 13.1. The molecule has 2 unspecified atom stereocenters. The maximum absolute atomic E-state index is 11.2.